The van der Waals surface area contributed by atoms with Crippen molar-refractivity contribution in [2.75, 3.05) is 20.1 Å². The van der Waals surface area contributed by atoms with Gasteiger partial charge in [-0.15, -0.1) is 0 Å². The minimum atomic E-state index is 0.0495. The molecule has 31 heavy (non-hydrogen) atoms. The number of amides is 1. The van der Waals surface area contributed by atoms with E-state index in [4.69, 9.17) is 16.1 Å². The van der Waals surface area contributed by atoms with Gasteiger partial charge < -0.3 is 9.42 Å². The lowest BCUT2D eigenvalue weighted by Crippen LogP contribution is -2.40. The zero-order chi connectivity index (χ0) is 21.8. The van der Waals surface area contributed by atoms with Gasteiger partial charge in [-0.25, -0.2) is 0 Å². The molecule has 0 saturated carbocycles. The third-order valence-corrected chi connectivity index (χ3v) is 6.30. The fourth-order valence-corrected chi connectivity index (χ4v) is 4.37. The van der Waals surface area contributed by atoms with Crippen LogP contribution >= 0.6 is 27.5 Å². The molecule has 1 aliphatic heterocycles. The van der Waals surface area contributed by atoms with Crippen LogP contribution < -0.4 is 0 Å². The van der Waals surface area contributed by atoms with Crippen LogP contribution in [0.3, 0.4) is 0 Å². The maximum absolute atomic E-state index is 12.9. The molecule has 6 nitrogen and oxygen atoms in total. The van der Waals surface area contributed by atoms with Gasteiger partial charge in [0.25, 0.3) is 0 Å². The Morgan fingerprint density at radius 1 is 1.23 bits per heavy atom. The SMILES string of the molecule is CN(Cc1ccc(Cl)cc1)C(=O)C1CCN(Cc2nc(-c3cccc(Br)c3)no2)CC1. The van der Waals surface area contributed by atoms with Crippen LogP contribution in [0.15, 0.2) is 57.5 Å². The average Bonchev–Trinajstić information content (AvgIpc) is 3.24. The molecule has 0 N–H and O–H groups in total. The van der Waals surface area contributed by atoms with Gasteiger partial charge in [0, 0.05) is 34.6 Å². The van der Waals surface area contributed by atoms with Crippen molar-refractivity contribution in [3.8, 4) is 11.4 Å². The fourth-order valence-electron chi connectivity index (χ4n) is 3.85. The van der Waals surface area contributed by atoms with E-state index < -0.39 is 0 Å². The molecule has 1 amide bonds. The molecule has 0 spiro atoms. The molecule has 1 aromatic heterocycles. The lowest BCUT2D eigenvalue weighted by Gasteiger charge is -2.32. The zero-order valence-corrected chi connectivity index (χ0v) is 19.6. The van der Waals surface area contributed by atoms with Crippen molar-refractivity contribution in [1.82, 2.24) is 19.9 Å². The van der Waals surface area contributed by atoms with Crippen LogP contribution in [0.25, 0.3) is 11.4 Å². The molecule has 1 aliphatic rings. The van der Waals surface area contributed by atoms with Gasteiger partial charge in [0.2, 0.25) is 17.6 Å². The number of halogens is 2. The van der Waals surface area contributed by atoms with Crippen molar-refractivity contribution < 1.29 is 9.32 Å². The summed E-state index contributed by atoms with van der Waals surface area (Å²) in [5, 5.41) is 4.81. The molecule has 1 saturated heterocycles. The van der Waals surface area contributed by atoms with E-state index in [-0.39, 0.29) is 11.8 Å². The van der Waals surface area contributed by atoms with Crippen molar-refractivity contribution in [2.24, 2.45) is 5.92 Å². The van der Waals surface area contributed by atoms with Gasteiger partial charge in [-0.2, -0.15) is 4.98 Å². The predicted molar refractivity (Wildman–Crippen MR) is 123 cm³/mol. The number of hydrogen-bond acceptors (Lipinski definition) is 5. The maximum atomic E-state index is 12.9. The second-order valence-electron chi connectivity index (χ2n) is 7.89. The number of likely N-dealkylation sites (tertiary alicyclic amines) is 1. The number of aromatic nitrogens is 2. The number of hydrogen-bond donors (Lipinski definition) is 0. The molecule has 3 aromatic rings. The summed E-state index contributed by atoms with van der Waals surface area (Å²) in [4.78, 5) is 21.5. The normalized spacial score (nSPS) is 15.2. The Balaban J connectivity index is 1.27. The number of nitrogens with zero attached hydrogens (tertiary/aromatic N) is 4. The minimum Gasteiger partial charge on any atom is -0.341 e. The van der Waals surface area contributed by atoms with Gasteiger partial charge in [-0.05, 0) is 55.8 Å². The Labute approximate surface area is 195 Å². The van der Waals surface area contributed by atoms with Crippen LogP contribution in [-0.4, -0.2) is 46.0 Å². The van der Waals surface area contributed by atoms with Gasteiger partial charge in [-0.1, -0.05) is 57.0 Å². The summed E-state index contributed by atoms with van der Waals surface area (Å²) in [6, 6.07) is 15.5. The van der Waals surface area contributed by atoms with E-state index in [1.807, 2.05) is 60.5 Å². The quantitative estimate of drug-likeness (QED) is 0.472. The smallest absolute Gasteiger partial charge is 0.241 e. The molecular formula is C23H24BrClN4O2. The average molecular weight is 504 g/mol. The van der Waals surface area contributed by atoms with Crippen LogP contribution in [0.5, 0.6) is 0 Å². The Morgan fingerprint density at radius 2 is 1.97 bits per heavy atom. The summed E-state index contributed by atoms with van der Waals surface area (Å²) in [7, 11) is 1.87. The molecule has 1 fully saturated rings. The van der Waals surface area contributed by atoms with E-state index in [9.17, 15) is 4.79 Å². The highest BCUT2D eigenvalue weighted by atomic mass is 79.9. The van der Waals surface area contributed by atoms with Crippen LogP contribution in [0.1, 0.15) is 24.3 Å². The number of piperidine rings is 1. The number of carbonyl (C=O) groups excluding carboxylic acids is 1. The largest absolute Gasteiger partial charge is 0.341 e. The number of benzene rings is 2. The summed E-state index contributed by atoms with van der Waals surface area (Å²) < 4.78 is 6.42. The van der Waals surface area contributed by atoms with Crippen molar-refractivity contribution in [1.29, 1.82) is 0 Å². The summed E-state index contributed by atoms with van der Waals surface area (Å²) in [6.45, 7) is 2.86. The second kappa shape index (κ2) is 9.94. The van der Waals surface area contributed by atoms with E-state index in [0.29, 0.717) is 29.8 Å². The van der Waals surface area contributed by atoms with E-state index in [0.717, 1.165) is 41.5 Å². The lowest BCUT2D eigenvalue weighted by atomic mass is 9.95. The van der Waals surface area contributed by atoms with E-state index >= 15 is 0 Å². The highest BCUT2D eigenvalue weighted by Gasteiger charge is 2.28. The van der Waals surface area contributed by atoms with Crippen LogP contribution in [-0.2, 0) is 17.9 Å². The van der Waals surface area contributed by atoms with Crippen LogP contribution in [0.2, 0.25) is 5.02 Å². The predicted octanol–water partition coefficient (Wildman–Crippen LogP) is 5.02. The standard InChI is InChI=1S/C23H24BrClN4O2/c1-28(14-16-5-7-20(25)8-6-16)23(30)17-9-11-29(12-10-17)15-21-26-22(27-31-21)18-3-2-4-19(24)13-18/h2-8,13,17H,9-12,14-15H2,1H3. The minimum absolute atomic E-state index is 0.0495. The highest BCUT2D eigenvalue weighted by molar-refractivity contribution is 9.10. The maximum Gasteiger partial charge on any atom is 0.241 e. The Kier molecular flexibility index (Phi) is 7.05. The highest BCUT2D eigenvalue weighted by Crippen LogP contribution is 2.23. The van der Waals surface area contributed by atoms with Gasteiger partial charge in [0.15, 0.2) is 0 Å². The molecule has 162 valence electrons. The molecular weight excluding hydrogens is 480 g/mol. The zero-order valence-electron chi connectivity index (χ0n) is 17.3. The number of carbonyl (C=O) groups is 1. The lowest BCUT2D eigenvalue weighted by molar-refractivity contribution is -0.136. The monoisotopic (exact) mass is 502 g/mol. The van der Waals surface area contributed by atoms with Crippen molar-refractivity contribution >= 4 is 33.4 Å². The molecule has 2 aromatic carbocycles. The van der Waals surface area contributed by atoms with E-state index in [2.05, 4.69) is 31.0 Å². The third kappa shape index (κ3) is 5.73. The summed E-state index contributed by atoms with van der Waals surface area (Å²) in [5.41, 5.74) is 1.99. The Morgan fingerprint density at radius 3 is 2.68 bits per heavy atom. The molecule has 2 heterocycles. The topological polar surface area (TPSA) is 62.5 Å². The molecule has 0 aliphatic carbocycles. The fraction of sp³-hybridized carbons (Fsp3) is 0.348. The Hall–Kier alpha value is -2.22. The first-order valence-electron chi connectivity index (χ1n) is 10.3. The molecule has 0 bridgehead atoms. The van der Waals surface area contributed by atoms with Gasteiger partial charge >= 0.3 is 0 Å². The summed E-state index contributed by atoms with van der Waals surface area (Å²) in [5.74, 6) is 1.43. The molecule has 0 radical (unpaired) electrons. The van der Waals surface area contributed by atoms with Gasteiger partial charge in [0.05, 0.1) is 6.54 Å². The first-order valence-corrected chi connectivity index (χ1v) is 11.5. The van der Waals surface area contributed by atoms with Gasteiger partial charge in [-0.3, -0.25) is 9.69 Å². The van der Waals surface area contributed by atoms with Crippen LogP contribution in [0, 0.1) is 5.92 Å². The first kappa shape index (κ1) is 22.0. The number of rotatable bonds is 6. The first-order chi connectivity index (χ1) is 15.0. The van der Waals surface area contributed by atoms with Crippen molar-refractivity contribution in [3.05, 3.63) is 69.5 Å². The van der Waals surface area contributed by atoms with Gasteiger partial charge in [0.1, 0.15) is 0 Å². The molecule has 0 unspecified atom stereocenters. The van der Waals surface area contributed by atoms with Crippen molar-refractivity contribution in [2.45, 2.75) is 25.9 Å². The molecule has 0 atom stereocenters. The summed E-state index contributed by atoms with van der Waals surface area (Å²) >= 11 is 9.40. The van der Waals surface area contributed by atoms with Crippen molar-refractivity contribution in [3.63, 3.8) is 0 Å². The van der Waals surface area contributed by atoms with E-state index in [1.54, 1.807) is 0 Å². The summed E-state index contributed by atoms with van der Waals surface area (Å²) in [6.07, 6.45) is 1.66. The molecule has 4 rings (SSSR count). The Bertz CT molecular complexity index is 1030. The second-order valence-corrected chi connectivity index (χ2v) is 9.25. The molecule has 8 heteroatoms. The third-order valence-electron chi connectivity index (χ3n) is 5.56. The van der Waals surface area contributed by atoms with Crippen LogP contribution in [0.4, 0.5) is 0 Å². The van der Waals surface area contributed by atoms with E-state index in [1.165, 1.54) is 0 Å².